The van der Waals surface area contributed by atoms with Gasteiger partial charge in [-0.3, -0.25) is 0 Å². The molecule has 0 bridgehead atoms. The zero-order valence-corrected chi connectivity index (χ0v) is 14.5. The number of hydrogen-bond acceptors (Lipinski definition) is 4. The van der Waals surface area contributed by atoms with Gasteiger partial charge < -0.3 is 10.1 Å². The molecule has 0 saturated carbocycles. The Labute approximate surface area is 138 Å². The molecule has 0 radical (unpaired) electrons. The molecule has 21 heavy (non-hydrogen) atoms. The summed E-state index contributed by atoms with van der Waals surface area (Å²) in [6, 6.07) is 5.47. The predicted octanol–water partition coefficient (Wildman–Crippen LogP) is 4.99. The van der Waals surface area contributed by atoms with Crippen LogP contribution in [0.1, 0.15) is 25.2 Å². The predicted molar refractivity (Wildman–Crippen MR) is 89.5 cm³/mol. The highest BCUT2D eigenvalue weighted by Crippen LogP contribution is 2.33. The van der Waals surface area contributed by atoms with E-state index in [2.05, 4.69) is 31.2 Å². The van der Waals surface area contributed by atoms with Crippen molar-refractivity contribution in [1.29, 1.82) is 0 Å². The molecule has 1 N–H and O–H groups in total. The molecule has 1 aromatic carbocycles. The molecule has 2 aromatic rings. The van der Waals surface area contributed by atoms with E-state index in [0.717, 1.165) is 34.6 Å². The van der Waals surface area contributed by atoms with Crippen molar-refractivity contribution >= 4 is 33.3 Å². The molecule has 6 heteroatoms. The molecule has 2 rings (SSSR count). The first kappa shape index (κ1) is 16.0. The molecule has 112 valence electrons. The van der Waals surface area contributed by atoms with E-state index in [4.69, 9.17) is 16.3 Å². The third kappa shape index (κ3) is 3.86. The Morgan fingerprint density at radius 1 is 1.29 bits per heavy atom. The maximum absolute atomic E-state index is 6.17. The SMILES string of the molecule is CCNc1nc(CC)nc(Oc2cc(Br)ccc2Cl)c1C. The van der Waals surface area contributed by atoms with Crippen LogP contribution in [0.15, 0.2) is 22.7 Å². The monoisotopic (exact) mass is 369 g/mol. The van der Waals surface area contributed by atoms with E-state index in [1.807, 2.05) is 32.9 Å². The molecular weight excluding hydrogens is 354 g/mol. The van der Waals surface area contributed by atoms with Crippen LogP contribution in [0.3, 0.4) is 0 Å². The zero-order chi connectivity index (χ0) is 15.4. The summed E-state index contributed by atoms with van der Waals surface area (Å²) in [6.07, 6.45) is 0.737. The molecule has 0 aliphatic heterocycles. The van der Waals surface area contributed by atoms with Crippen LogP contribution in [-0.2, 0) is 6.42 Å². The van der Waals surface area contributed by atoms with Crippen molar-refractivity contribution in [2.75, 3.05) is 11.9 Å². The summed E-state index contributed by atoms with van der Waals surface area (Å²) in [6.45, 7) is 6.76. The van der Waals surface area contributed by atoms with Crippen molar-refractivity contribution in [1.82, 2.24) is 9.97 Å². The molecule has 0 atom stereocenters. The fourth-order valence-corrected chi connectivity index (χ4v) is 2.29. The Bertz CT molecular complexity index is 649. The molecule has 0 saturated heterocycles. The summed E-state index contributed by atoms with van der Waals surface area (Å²) >= 11 is 9.58. The minimum Gasteiger partial charge on any atom is -0.437 e. The number of halogens is 2. The maximum Gasteiger partial charge on any atom is 0.227 e. The Hall–Kier alpha value is -1.33. The van der Waals surface area contributed by atoms with Crippen LogP contribution in [0.25, 0.3) is 0 Å². The van der Waals surface area contributed by atoms with Crippen LogP contribution in [0.4, 0.5) is 5.82 Å². The van der Waals surface area contributed by atoms with Gasteiger partial charge in [-0.1, -0.05) is 34.5 Å². The lowest BCUT2D eigenvalue weighted by atomic mass is 10.3. The van der Waals surface area contributed by atoms with E-state index in [1.54, 1.807) is 6.07 Å². The van der Waals surface area contributed by atoms with Gasteiger partial charge in [0.1, 0.15) is 17.4 Å². The van der Waals surface area contributed by atoms with E-state index >= 15 is 0 Å². The smallest absolute Gasteiger partial charge is 0.227 e. The van der Waals surface area contributed by atoms with Gasteiger partial charge in [-0.25, -0.2) is 4.98 Å². The van der Waals surface area contributed by atoms with Crippen LogP contribution in [-0.4, -0.2) is 16.5 Å². The van der Waals surface area contributed by atoms with Crippen LogP contribution >= 0.6 is 27.5 Å². The number of aromatic nitrogens is 2. The van der Waals surface area contributed by atoms with Crippen molar-refractivity contribution in [3.05, 3.63) is 39.1 Å². The number of hydrogen-bond donors (Lipinski definition) is 1. The Morgan fingerprint density at radius 3 is 2.71 bits per heavy atom. The second-order valence-corrected chi connectivity index (χ2v) is 5.80. The summed E-state index contributed by atoms with van der Waals surface area (Å²) in [7, 11) is 0. The van der Waals surface area contributed by atoms with Crippen LogP contribution < -0.4 is 10.1 Å². The molecule has 0 aliphatic rings. The Kier molecular flexibility index (Phi) is 5.42. The summed E-state index contributed by atoms with van der Waals surface area (Å²) < 4.78 is 6.80. The van der Waals surface area contributed by atoms with Gasteiger partial charge in [-0.15, -0.1) is 0 Å². The normalized spacial score (nSPS) is 10.5. The minimum absolute atomic E-state index is 0.526. The first-order valence-corrected chi connectivity index (χ1v) is 7.96. The summed E-state index contributed by atoms with van der Waals surface area (Å²) in [5.74, 6) is 2.62. The van der Waals surface area contributed by atoms with Crippen molar-refractivity contribution in [2.45, 2.75) is 27.2 Å². The van der Waals surface area contributed by atoms with Crippen molar-refractivity contribution in [3.63, 3.8) is 0 Å². The largest absolute Gasteiger partial charge is 0.437 e. The molecule has 0 spiro atoms. The molecular formula is C15H17BrClN3O. The second kappa shape index (κ2) is 7.09. The van der Waals surface area contributed by atoms with Gasteiger partial charge in [0.05, 0.1) is 10.6 Å². The molecule has 1 heterocycles. The van der Waals surface area contributed by atoms with Gasteiger partial charge in [0.2, 0.25) is 5.88 Å². The quantitative estimate of drug-likeness (QED) is 0.805. The molecule has 0 amide bonds. The van der Waals surface area contributed by atoms with Gasteiger partial charge in [-0.2, -0.15) is 4.98 Å². The number of nitrogens with zero attached hydrogens (tertiary/aromatic N) is 2. The van der Waals surface area contributed by atoms with Gasteiger partial charge in [0, 0.05) is 17.4 Å². The number of aryl methyl sites for hydroxylation is 1. The highest BCUT2D eigenvalue weighted by Gasteiger charge is 2.13. The summed E-state index contributed by atoms with van der Waals surface area (Å²) in [5, 5.41) is 3.77. The lowest BCUT2D eigenvalue weighted by Gasteiger charge is -2.14. The summed E-state index contributed by atoms with van der Waals surface area (Å²) in [4.78, 5) is 8.93. The van der Waals surface area contributed by atoms with Gasteiger partial charge in [0.25, 0.3) is 0 Å². The lowest BCUT2D eigenvalue weighted by Crippen LogP contribution is -2.07. The standard InChI is InChI=1S/C15H17BrClN3O/c1-4-13-19-14(18-5-2)9(3)15(20-13)21-12-8-10(16)6-7-11(12)17/h6-8H,4-5H2,1-3H3,(H,18,19,20). The summed E-state index contributed by atoms with van der Waals surface area (Å²) in [5.41, 5.74) is 0.866. The third-order valence-corrected chi connectivity index (χ3v) is 3.71. The van der Waals surface area contributed by atoms with E-state index in [-0.39, 0.29) is 0 Å². The maximum atomic E-state index is 6.17. The van der Waals surface area contributed by atoms with E-state index < -0.39 is 0 Å². The van der Waals surface area contributed by atoms with Crippen LogP contribution in [0.2, 0.25) is 5.02 Å². The van der Waals surface area contributed by atoms with Crippen molar-refractivity contribution in [3.8, 4) is 11.6 Å². The number of ether oxygens (including phenoxy) is 1. The fraction of sp³-hybridized carbons (Fsp3) is 0.333. The molecule has 0 fully saturated rings. The van der Waals surface area contributed by atoms with E-state index in [0.29, 0.717) is 16.7 Å². The fourth-order valence-electron chi connectivity index (χ4n) is 1.80. The van der Waals surface area contributed by atoms with E-state index in [1.165, 1.54) is 0 Å². The Balaban J connectivity index is 2.43. The number of nitrogens with one attached hydrogen (secondary N) is 1. The first-order chi connectivity index (χ1) is 10.0. The van der Waals surface area contributed by atoms with Gasteiger partial charge in [0.15, 0.2) is 0 Å². The third-order valence-electron chi connectivity index (χ3n) is 2.91. The highest BCUT2D eigenvalue weighted by atomic mass is 79.9. The minimum atomic E-state index is 0.526. The molecule has 1 aromatic heterocycles. The number of rotatable bonds is 5. The van der Waals surface area contributed by atoms with Gasteiger partial charge >= 0.3 is 0 Å². The average Bonchev–Trinajstić information content (AvgIpc) is 2.47. The number of anilines is 1. The van der Waals surface area contributed by atoms with Crippen LogP contribution in [0.5, 0.6) is 11.6 Å². The lowest BCUT2D eigenvalue weighted by molar-refractivity contribution is 0.455. The topological polar surface area (TPSA) is 47.0 Å². The number of benzene rings is 1. The zero-order valence-electron chi connectivity index (χ0n) is 12.2. The van der Waals surface area contributed by atoms with Crippen LogP contribution in [0, 0.1) is 6.92 Å². The highest BCUT2D eigenvalue weighted by molar-refractivity contribution is 9.10. The molecule has 4 nitrogen and oxygen atoms in total. The Morgan fingerprint density at radius 2 is 2.05 bits per heavy atom. The van der Waals surface area contributed by atoms with Crippen molar-refractivity contribution in [2.24, 2.45) is 0 Å². The molecule has 0 aliphatic carbocycles. The van der Waals surface area contributed by atoms with Crippen molar-refractivity contribution < 1.29 is 4.74 Å². The van der Waals surface area contributed by atoms with E-state index in [9.17, 15) is 0 Å². The molecule has 0 unspecified atom stereocenters. The second-order valence-electron chi connectivity index (χ2n) is 4.48. The van der Waals surface area contributed by atoms with Gasteiger partial charge in [-0.05, 0) is 32.0 Å². The first-order valence-electron chi connectivity index (χ1n) is 6.79. The average molecular weight is 371 g/mol.